The lowest BCUT2D eigenvalue weighted by atomic mass is 10.0. The first-order valence-corrected chi connectivity index (χ1v) is 14.6. The van der Waals surface area contributed by atoms with Crippen molar-refractivity contribution in [3.05, 3.63) is 0 Å². The van der Waals surface area contributed by atoms with Gasteiger partial charge in [0.25, 0.3) is 0 Å². The third kappa shape index (κ3) is 24.7. The van der Waals surface area contributed by atoms with E-state index in [9.17, 15) is 4.79 Å². The zero-order valence-electron chi connectivity index (χ0n) is 21.4. The highest BCUT2D eigenvalue weighted by Crippen LogP contribution is 2.12. The number of Topliss-reactive ketones (excluding diaryl/α,β-unsaturated/α-hetero) is 1. The Morgan fingerprint density at radius 3 is 1.56 bits per heavy atom. The van der Waals surface area contributed by atoms with Gasteiger partial charge >= 0.3 is 0 Å². The van der Waals surface area contributed by atoms with Crippen molar-refractivity contribution in [2.24, 2.45) is 0 Å². The van der Waals surface area contributed by atoms with Crippen molar-refractivity contribution in [2.75, 3.05) is 38.9 Å². The number of carbonyl (C=O) groups excluding carboxylic acids is 1. The average Bonchev–Trinajstić information content (AvgIpc) is 2.80. The van der Waals surface area contributed by atoms with E-state index in [1.807, 2.05) is 0 Å². The van der Waals surface area contributed by atoms with Gasteiger partial charge < -0.3 is 14.2 Å². The first-order valence-electron chi connectivity index (χ1n) is 13.5. The Kier molecular flexibility index (Phi) is 27.3. The van der Waals surface area contributed by atoms with Gasteiger partial charge in [0.15, 0.2) is 0 Å². The van der Waals surface area contributed by atoms with Gasteiger partial charge in [-0.1, -0.05) is 93.5 Å². The summed E-state index contributed by atoms with van der Waals surface area (Å²) in [5.41, 5.74) is 0. The molecule has 0 fully saturated rings. The highest BCUT2D eigenvalue weighted by Gasteiger charge is 2.08. The van der Waals surface area contributed by atoms with Crippen LogP contribution in [0.5, 0.6) is 0 Å². The summed E-state index contributed by atoms with van der Waals surface area (Å²) in [6, 6.07) is 0. The Hall–Kier alpha value is 0.0300. The Morgan fingerprint density at radius 1 is 0.656 bits per heavy atom. The zero-order valence-corrected chi connectivity index (χ0v) is 22.9. The normalized spacial score (nSPS) is 12.3. The highest BCUT2D eigenvalue weighted by molar-refractivity contribution is 9.09. The predicted octanol–water partition coefficient (Wildman–Crippen LogP) is 8.04. The van der Waals surface area contributed by atoms with Gasteiger partial charge in [-0.05, 0) is 32.1 Å². The van der Waals surface area contributed by atoms with Crippen LogP contribution in [0.15, 0.2) is 0 Å². The highest BCUT2D eigenvalue weighted by atomic mass is 79.9. The molecular weight excluding hydrogens is 468 g/mol. The lowest BCUT2D eigenvalue weighted by Crippen LogP contribution is -2.24. The number of hydrogen-bond donors (Lipinski definition) is 0. The minimum Gasteiger partial charge on any atom is -0.379 e. The van der Waals surface area contributed by atoms with E-state index in [1.54, 1.807) is 7.11 Å². The van der Waals surface area contributed by atoms with Crippen LogP contribution in [0.25, 0.3) is 0 Å². The van der Waals surface area contributed by atoms with E-state index in [0.29, 0.717) is 19.0 Å². The smallest absolute Gasteiger partial charge is 0.132 e. The molecule has 0 bridgehead atoms. The van der Waals surface area contributed by atoms with Gasteiger partial charge in [-0.2, -0.15) is 0 Å². The molecule has 0 saturated carbocycles. The molecular formula is C27H53BrO4. The van der Waals surface area contributed by atoms with Crippen LogP contribution in [0.2, 0.25) is 0 Å². The molecule has 0 aliphatic rings. The van der Waals surface area contributed by atoms with Crippen LogP contribution in [0.4, 0.5) is 0 Å². The number of alkyl halides is 1. The number of rotatable bonds is 27. The molecule has 0 aromatic rings. The van der Waals surface area contributed by atoms with E-state index in [2.05, 4.69) is 22.9 Å². The Labute approximate surface area is 208 Å². The second-order valence-corrected chi connectivity index (χ2v) is 9.83. The maximum absolute atomic E-state index is 12.0. The quantitative estimate of drug-likeness (QED) is 0.0811. The van der Waals surface area contributed by atoms with Gasteiger partial charge in [0.05, 0.1) is 13.2 Å². The molecule has 0 aliphatic heterocycles. The fourth-order valence-corrected chi connectivity index (χ4v) is 4.12. The summed E-state index contributed by atoms with van der Waals surface area (Å²) in [6.07, 6.45) is 21.2. The molecule has 0 spiro atoms. The predicted molar refractivity (Wildman–Crippen MR) is 140 cm³/mol. The summed E-state index contributed by atoms with van der Waals surface area (Å²) in [6.45, 7) is 5.01. The van der Waals surface area contributed by atoms with Gasteiger partial charge in [-0.25, -0.2) is 0 Å². The SMILES string of the molecule is CCCCCCCCCCCC(=O)CCCCCCOCC(COCCCCCBr)OC. The van der Waals surface area contributed by atoms with Crippen LogP contribution in [-0.2, 0) is 19.0 Å². The molecule has 0 radical (unpaired) electrons. The van der Waals surface area contributed by atoms with Crippen LogP contribution in [0, 0.1) is 0 Å². The molecule has 1 atom stereocenters. The number of carbonyl (C=O) groups is 1. The number of ether oxygens (including phenoxy) is 3. The minimum atomic E-state index is 0.0184. The van der Waals surface area contributed by atoms with E-state index in [0.717, 1.165) is 69.9 Å². The number of unbranched alkanes of at least 4 members (excludes halogenated alkanes) is 13. The molecule has 4 nitrogen and oxygen atoms in total. The lowest BCUT2D eigenvalue weighted by molar-refractivity contribution is -0.119. The van der Waals surface area contributed by atoms with Crippen LogP contribution in [0.3, 0.4) is 0 Å². The summed E-state index contributed by atoms with van der Waals surface area (Å²) >= 11 is 3.44. The van der Waals surface area contributed by atoms with E-state index in [1.165, 1.54) is 64.2 Å². The van der Waals surface area contributed by atoms with Gasteiger partial charge in [-0.3, -0.25) is 4.79 Å². The van der Waals surface area contributed by atoms with Crippen molar-refractivity contribution < 1.29 is 19.0 Å². The minimum absolute atomic E-state index is 0.0184. The van der Waals surface area contributed by atoms with E-state index < -0.39 is 0 Å². The number of halogens is 1. The fraction of sp³-hybridized carbons (Fsp3) is 0.963. The standard InChI is InChI=1S/C27H53BrO4/c1-3-4-5-6-7-8-9-10-14-19-26(29)20-15-11-12-17-22-31-24-27(30-2)25-32-23-18-13-16-21-28/h27H,3-25H2,1-2H3. The van der Waals surface area contributed by atoms with Crippen LogP contribution in [-0.4, -0.2) is 50.8 Å². The van der Waals surface area contributed by atoms with Crippen molar-refractivity contribution in [2.45, 2.75) is 129 Å². The van der Waals surface area contributed by atoms with Crippen LogP contribution in [0.1, 0.15) is 122 Å². The van der Waals surface area contributed by atoms with Crippen molar-refractivity contribution in [3.63, 3.8) is 0 Å². The van der Waals surface area contributed by atoms with Crippen molar-refractivity contribution >= 4 is 21.7 Å². The maximum atomic E-state index is 12.0. The summed E-state index contributed by atoms with van der Waals surface area (Å²) < 4.78 is 16.9. The second kappa shape index (κ2) is 27.3. The fourth-order valence-electron chi connectivity index (χ4n) is 3.73. The van der Waals surface area contributed by atoms with Crippen molar-refractivity contribution in [1.29, 1.82) is 0 Å². The number of methoxy groups -OCH3 is 1. The molecule has 0 aliphatic carbocycles. The molecule has 0 amide bonds. The van der Waals surface area contributed by atoms with Gasteiger partial charge in [0.1, 0.15) is 11.9 Å². The van der Waals surface area contributed by atoms with Crippen LogP contribution < -0.4 is 0 Å². The molecule has 0 rings (SSSR count). The van der Waals surface area contributed by atoms with E-state index in [4.69, 9.17) is 14.2 Å². The largest absolute Gasteiger partial charge is 0.379 e. The Balaban J connectivity index is 3.34. The van der Waals surface area contributed by atoms with Gasteiger partial charge in [0, 0.05) is 38.5 Å². The monoisotopic (exact) mass is 520 g/mol. The molecule has 32 heavy (non-hydrogen) atoms. The molecule has 0 N–H and O–H groups in total. The van der Waals surface area contributed by atoms with Crippen LogP contribution >= 0.6 is 15.9 Å². The topological polar surface area (TPSA) is 44.8 Å². The Morgan fingerprint density at radius 2 is 1.09 bits per heavy atom. The summed E-state index contributed by atoms with van der Waals surface area (Å²) in [7, 11) is 1.72. The maximum Gasteiger partial charge on any atom is 0.132 e. The lowest BCUT2D eigenvalue weighted by Gasteiger charge is -2.15. The molecule has 1 unspecified atom stereocenters. The van der Waals surface area contributed by atoms with Gasteiger partial charge in [0.2, 0.25) is 0 Å². The van der Waals surface area contributed by atoms with E-state index >= 15 is 0 Å². The Bertz CT molecular complexity index is 379. The first-order chi connectivity index (χ1) is 15.7. The molecule has 0 saturated heterocycles. The molecule has 0 aromatic carbocycles. The zero-order chi connectivity index (χ0) is 23.5. The third-order valence-corrected chi connectivity index (χ3v) is 6.48. The molecule has 5 heteroatoms. The van der Waals surface area contributed by atoms with Crippen molar-refractivity contribution in [3.8, 4) is 0 Å². The number of hydrogen-bond acceptors (Lipinski definition) is 4. The van der Waals surface area contributed by atoms with Crippen molar-refractivity contribution in [1.82, 2.24) is 0 Å². The van der Waals surface area contributed by atoms with E-state index in [-0.39, 0.29) is 6.10 Å². The third-order valence-electron chi connectivity index (χ3n) is 5.92. The molecule has 0 heterocycles. The average molecular weight is 522 g/mol. The summed E-state index contributed by atoms with van der Waals surface area (Å²) in [5.74, 6) is 0.458. The first kappa shape index (κ1) is 32.0. The second-order valence-electron chi connectivity index (χ2n) is 9.04. The van der Waals surface area contributed by atoms with Gasteiger partial charge in [-0.15, -0.1) is 0 Å². The summed E-state index contributed by atoms with van der Waals surface area (Å²) in [4.78, 5) is 12.0. The summed E-state index contributed by atoms with van der Waals surface area (Å²) in [5, 5.41) is 1.07. The molecule has 0 aromatic heterocycles. The molecule has 192 valence electrons. The number of ketones is 1.